The monoisotopic (exact) mass is 477 g/mol. The van der Waals surface area contributed by atoms with Crippen LogP contribution in [-0.4, -0.2) is 25.4 Å². The molecule has 0 unspecified atom stereocenters. The maximum Gasteiger partial charge on any atom is 0.488 e. The molecule has 0 bridgehead atoms. The molecular formula is C21H21BBrF2N2O3. The minimum Gasteiger partial charge on any atom is -0.453 e. The van der Waals surface area contributed by atoms with Crippen molar-refractivity contribution in [2.45, 2.75) is 33.3 Å². The highest BCUT2D eigenvalue weighted by molar-refractivity contribution is 9.10. The van der Waals surface area contributed by atoms with Crippen LogP contribution in [0.4, 0.5) is 8.78 Å². The Balaban J connectivity index is 0.000000343. The number of aryl methyl sites for hydroxylation is 1. The lowest BCUT2D eigenvalue weighted by atomic mass is 10.1. The molecule has 1 radical (unpaired) electrons. The molecule has 5 nitrogen and oxygen atoms in total. The van der Waals surface area contributed by atoms with Crippen molar-refractivity contribution in [2.75, 3.05) is 7.11 Å². The highest BCUT2D eigenvalue weighted by atomic mass is 79.9. The van der Waals surface area contributed by atoms with Gasteiger partial charge >= 0.3 is 7.69 Å². The summed E-state index contributed by atoms with van der Waals surface area (Å²) in [5.74, 6) is -1.04. The predicted molar refractivity (Wildman–Crippen MR) is 115 cm³/mol. The van der Waals surface area contributed by atoms with Crippen molar-refractivity contribution in [3.63, 3.8) is 0 Å². The van der Waals surface area contributed by atoms with E-state index in [-0.39, 0.29) is 22.7 Å². The second-order valence-corrected chi connectivity index (χ2v) is 8.13. The van der Waals surface area contributed by atoms with Crippen molar-refractivity contribution < 1.29 is 22.8 Å². The van der Waals surface area contributed by atoms with Crippen LogP contribution in [0.3, 0.4) is 0 Å². The van der Waals surface area contributed by atoms with E-state index in [4.69, 9.17) is 14.7 Å². The van der Waals surface area contributed by atoms with Gasteiger partial charge in [0.15, 0.2) is 11.6 Å². The Labute approximate surface area is 183 Å². The minimum atomic E-state index is -0.647. The molecule has 9 heteroatoms. The van der Waals surface area contributed by atoms with Crippen LogP contribution in [0.5, 0.6) is 11.5 Å². The summed E-state index contributed by atoms with van der Waals surface area (Å²) in [7, 11) is 2.89. The molecule has 0 aliphatic carbocycles. The SMILES string of the molecule is CO[B]OC(C)(C)C.Cc1cc2c(Br)c(Oc3ccc(F)c(C#N)c3)c(F)cc2[nH]1. The normalized spacial score (nSPS) is 10.9. The molecule has 0 aliphatic heterocycles. The standard InChI is InChI=1S/C16H9BrF2N2O.C5H12BO2/c1-8-4-11-14(21-8)6-13(19)16(15(11)17)22-10-2-3-12(18)9(5-10)7-20;1-5(2,3)8-6-7-4/h2-6,21H,1H3;1-4H3. The number of hydrogen-bond acceptors (Lipinski definition) is 4. The molecule has 1 aromatic heterocycles. The van der Waals surface area contributed by atoms with E-state index in [9.17, 15) is 8.78 Å². The molecule has 3 rings (SSSR count). The first-order chi connectivity index (χ1) is 14.1. The number of nitriles is 1. The first kappa shape index (κ1) is 23.9. The number of nitrogens with one attached hydrogen (secondary N) is 1. The lowest BCUT2D eigenvalue weighted by Crippen LogP contribution is -2.22. The number of halogens is 3. The van der Waals surface area contributed by atoms with Crippen LogP contribution in [0, 0.1) is 29.9 Å². The molecule has 0 fully saturated rings. The van der Waals surface area contributed by atoms with Crippen molar-refractivity contribution >= 4 is 34.5 Å². The number of ether oxygens (including phenoxy) is 1. The second kappa shape index (κ2) is 10.1. The predicted octanol–water partition coefficient (Wildman–Crippen LogP) is 6.16. The zero-order chi connectivity index (χ0) is 22.5. The van der Waals surface area contributed by atoms with Crippen LogP contribution in [0.15, 0.2) is 34.8 Å². The number of fused-ring (bicyclic) bond motifs is 1. The zero-order valence-corrected chi connectivity index (χ0v) is 18.9. The van der Waals surface area contributed by atoms with Gasteiger partial charge in [-0.2, -0.15) is 5.26 Å². The highest BCUT2D eigenvalue weighted by Gasteiger charge is 2.16. The Morgan fingerprint density at radius 1 is 1.13 bits per heavy atom. The fourth-order valence-corrected chi connectivity index (χ4v) is 2.98. The first-order valence-electron chi connectivity index (χ1n) is 8.93. The van der Waals surface area contributed by atoms with Crippen LogP contribution in [0.2, 0.25) is 0 Å². The van der Waals surface area contributed by atoms with E-state index in [1.165, 1.54) is 25.9 Å². The second-order valence-electron chi connectivity index (χ2n) is 7.33. The van der Waals surface area contributed by atoms with Crippen molar-refractivity contribution in [1.82, 2.24) is 4.98 Å². The molecule has 30 heavy (non-hydrogen) atoms. The third kappa shape index (κ3) is 6.29. The fourth-order valence-electron chi connectivity index (χ4n) is 2.38. The van der Waals surface area contributed by atoms with Crippen LogP contribution < -0.4 is 4.74 Å². The Kier molecular flexibility index (Phi) is 8.01. The number of benzene rings is 2. The Bertz CT molecular complexity index is 1070. The summed E-state index contributed by atoms with van der Waals surface area (Å²) in [5, 5.41) is 9.60. The number of aromatic nitrogens is 1. The summed E-state index contributed by atoms with van der Waals surface area (Å²) in [6, 6.07) is 8.59. The van der Waals surface area contributed by atoms with Crippen molar-refractivity contribution in [1.29, 1.82) is 5.26 Å². The summed E-state index contributed by atoms with van der Waals surface area (Å²) in [6.45, 7) is 7.75. The average molecular weight is 478 g/mol. The van der Waals surface area contributed by atoms with Crippen molar-refractivity contribution in [3.8, 4) is 17.6 Å². The van der Waals surface area contributed by atoms with Gasteiger partial charge in [0.1, 0.15) is 17.6 Å². The number of aromatic amines is 1. The number of hydrogen-bond donors (Lipinski definition) is 1. The van der Waals surface area contributed by atoms with Crippen LogP contribution in [0.25, 0.3) is 10.9 Å². The van der Waals surface area contributed by atoms with Crippen LogP contribution >= 0.6 is 15.9 Å². The molecule has 0 saturated heterocycles. The molecule has 1 heterocycles. The largest absolute Gasteiger partial charge is 0.488 e. The Hall–Kier alpha value is -2.41. The van der Waals surface area contributed by atoms with Gasteiger partial charge in [-0.1, -0.05) is 0 Å². The van der Waals surface area contributed by atoms with Gasteiger partial charge in [-0.25, -0.2) is 8.78 Å². The topological polar surface area (TPSA) is 67.3 Å². The lowest BCUT2D eigenvalue weighted by molar-refractivity contribution is 0.107. The van der Waals surface area contributed by atoms with Crippen LogP contribution in [0.1, 0.15) is 32.0 Å². The van der Waals surface area contributed by atoms with E-state index in [1.54, 1.807) is 13.2 Å². The maximum atomic E-state index is 14.2. The summed E-state index contributed by atoms with van der Waals surface area (Å²) < 4.78 is 43.1. The third-order valence-corrected chi connectivity index (χ3v) is 4.47. The van der Waals surface area contributed by atoms with E-state index in [0.29, 0.717) is 9.99 Å². The van der Waals surface area contributed by atoms with E-state index in [1.807, 2.05) is 33.8 Å². The van der Waals surface area contributed by atoms with E-state index in [0.717, 1.165) is 17.1 Å². The summed E-state index contributed by atoms with van der Waals surface area (Å²) >= 11 is 3.33. The van der Waals surface area contributed by atoms with Crippen molar-refractivity contribution in [2.24, 2.45) is 0 Å². The molecule has 0 spiro atoms. The van der Waals surface area contributed by atoms with E-state index in [2.05, 4.69) is 25.6 Å². The lowest BCUT2D eigenvalue weighted by Gasteiger charge is -2.17. The maximum absolute atomic E-state index is 14.2. The molecule has 1 N–H and O–H groups in total. The molecule has 3 aromatic rings. The molecular weight excluding hydrogens is 457 g/mol. The average Bonchev–Trinajstić information content (AvgIpc) is 3.05. The summed E-state index contributed by atoms with van der Waals surface area (Å²) in [4.78, 5) is 3.04. The first-order valence-corrected chi connectivity index (χ1v) is 9.72. The Morgan fingerprint density at radius 2 is 1.83 bits per heavy atom. The molecule has 2 aromatic carbocycles. The zero-order valence-electron chi connectivity index (χ0n) is 17.3. The number of nitrogens with zero attached hydrogens (tertiary/aromatic N) is 1. The van der Waals surface area contributed by atoms with Gasteiger partial charge in [-0.05, 0) is 61.8 Å². The molecule has 0 atom stereocenters. The number of H-pyrrole nitrogens is 1. The van der Waals surface area contributed by atoms with Gasteiger partial charge in [-0.3, -0.25) is 0 Å². The number of rotatable bonds is 4. The Morgan fingerprint density at radius 3 is 2.40 bits per heavy atom. The van der Waals surface area contributed by atoms with Gasteiger partial charge in [-0.15, -0.1) is 0 Å². The van der Waals surface area contributed by atoms with Gasteiger partial charge < -0.3 is 19.0 Å². The fraction of sp³-hybridized carbons (Fsp3) is 0.286. The van der Waals surface area contributed by atoms with Gasteiger partial charge in [0.2, 0.25) is 0 Å². The quantitative estimate of drug-likeness (QED) is 0.456. The smallest absolute Gasteiger partial charge is 0.453 e. The summed E-state index contributed by atoms with van der Waals surface area (Å²) in [6.07, 6.45) is 0. The highest BCUT2D eigenvalue weighted by Crippen LogP contribution is 2.38. The minimum absolute atomic E-state index is 0.0120. The van der Waals surface area contributed by atoms with Gasteiger partial charge in [0, 0.05) is 41.4 Å². The third-order valence-electron chi connectivity index (χ3n) is 3.68. The molecule has 157 valence electrons. The molecule has 0 saturated carbocycles. The summed E-state index contributed by atoms with van der Waals surface area (Å²) in [5.41, 5.74) is 1.25. The molecule has 0 aliphatic rings. The van der Waals surface area contributed by atoms with E-state index >= 15 is 0 Å². The van der Waals surface area contributed by atoms with Crippen molar-refractivity contribution in [3.05, 3.63) is 57.7 Å². The molecule has 0 amide bonds. The van der Waals surface area contributed by atoms with Gasteiger partial charge in [0.05, 0.1) is 10.0 Å². The van der Waals surface area contributed by atoms with Gasteiger partial charge in [0.25, 0.3) is 0 Å². The van der Waals surface area contributed by atoms with E-state index < -0.39 is 11.6 Å². The van der Waals surface area contributed by atoms with Crippen LogP contribution in [-0.2, 0) is 9.31 Å².